The highest BCUT2D eigenvalue weighted by atomic mass is 16.2. The SMILES string of the molecule is Cc1ccccc1C(=O)NC(CC(C)C)C(=O)Nc1ccc(N2CCNC2=O)cc1. The molecule has 7 nitrogen and oxygen atoms in total. The van der Waals surface area contributed by atoms with Gasteiger partial charge in [-0.1, -0.05) is 32.0 Å². The van der Waals surface area contributed by atoms with Crippen LogP contribution in [-0.2, 0) is 4.79 Å². The highest BCUT2D eigenvalue weighted by Crippen LogP contribution is 2.20. The third-order valence-corrected chi connectivity index (χ3v) is 5.02. The number of anilines is 2. The van der Waals surface area contributed by atoms with Gasteiger partial charge in [-0.2, -0.15) is 0 Å². The summed E-state index contributed by atoms with van der Waals surface area (Å²) in [4.78, 5) is 39.0. The first kappa shape index (κ1) is 21.4. The van der Waals surface area contributed by atoms with Crippen molar-refractivity contribution < 1.29 is 14.4 Å². The summed E-state index contributed by atoms with van der Waals surface area (Å²) in [5, 5.41) is 8.51. The van der Waals surface area contributed by atoms with Gasteiger partial charge in [0, 0.05) is 30.0 Å². The summed E-state index contributed by atoms with van der Waals surface area (Å²) in [6, 6.07) is 13.6. The summed E-state index contributed by atoms with van der Waals surface area (Å²) in [7, 11) is 0. The Kier molecular flexibility index (Phi) is 6.72. The van der Waals surface area contributed by atoms with E-state index in [-0.39, 0.29) is 23.8 Å². The van der Waals surface area contributed by atoms with Crippen LogP contribution in [-0.4, -0.2) is 37.0 Å². The third-order valence-electron chi connectivity index (χ3n) is 5.02. The molecular formula is C23H28N4O3. The van der Waals surface area contributed by atoms with Crippen LogP contribution in [0.3, 0.4) is 0 Å². The van der Waals surface area contributed by atoms with Crippen LogP contribution in [0.1, 0.15) is 36.2 Å². The molecule has 1 aliphatic rings. The maximum atomic E-state index is 12.9. The molecule has 3 rings (SSSR count). The monoisotopic (exact) mass is 408 g/mol. The zero-order chi connectivity index (χ0) is 21.7. The average molecular weight is 409 g/mol. The first-order valence-electron chi connectivity index (χ1n) is 10.2. The van der Waals surface area contributed by atoms with Crippen molar-refractivity contribution in [1.82, 2.24) is 10.6 Å². The van der Waals surface area contributed by atoms with E-state index >= 15 is 0 Å². The van der Waals surface area contributed by atoms with Gasteiger partial charge in [-0.15, -0.1) is 0 Å². The molecule has 1 fully saturated rings. The van der Waals surface area contributed by atoms with Crippen molar-refractivity contribution in [3.8, 4) is 0 Å². The lowest BCUT2D eigenvalue weighted by Crippen LogP contribution is -2.44. The molecule has 1 aliphatic heterocycles. The standard InChI is InChI=1S/C23H28N4O3/c1-15(2)14-20(26-21(28)19-7-5-4-6-16(19)3)22(29)25-17-8-10-18(11-9-17)27-13-12-24-23(27)30/h4-11,15,20H,12-14H2,1-3H3,(H,24,30)(H,25,29)(H,26,28). The smallest absolute Gasteiger partial charge is 0.321 e. The molecule has 7 heteroatoms. The second kappa shape index (κ2) is 9.43. The molecule has 0 spiro atoms. The van der Waals surface area contributed by atoms with Crippen molar-refractivity contribution >= 4 is 29.2 Å². The van der Waals surface area contributed by atoms with Crippen LogP contribution in [0.15, 0.2) is 48.5 Å². The number of benzene rings is 2. The fourth-order valence-corrected chi connectivity index (χ4v) is 3.44. The van der Waals surface area contributed by atoms with Crippen molar-refractivity contribution in [2.45, 2.75) is 33.2 Å². The third kappa shape index (κ3) is 5.17. The summed E-state index contributed by atoms with van der Waals surface area (Å²) in [6.45, 7) is 7.13. The van der Waals surface area contributed by atoms with Gasteiger partial charge < -0.3 is 16.0 Å². The molecule has 158 valence electrons. The summed E-state index contributed by atoms with van der Waals surface area (Å²) in [5.74, 6) is -0.296. The van der Waals surface area contributed by atoms with Crippen LogP contribution < -0.4 is 20.9 Å². The average Bonchev–Trinajstić information content (AvgIpc) is 3.14. The predicted octanol–water partition coefficient (Wildman–Crippen LogP) is 3.31. The molecule has 1 heterocycles. The van der Waals surface area contributed by atoms with Crippen LogP contribution in [0.5, 0.6) is 0 Å². The molecule has 3 N–H and O–H groups in total. The molecule has 2 aromatic carbocycles. The molecule has 30 heavy (non-hydrogen) atoms. The van der Waals surface area contributed by atoms with Crippen molar-refractivity contribution in [3.63, 3.8) is 0 Å². The number of aryl methyl sites for hydroxylation is 1. The van der Waals surface area contributed by atoms with Crippen LogP contribution in [0.4, 0.5) is 16.2 Å². The molecule has 4 amide bonds. The Bertz CT molecular complexity index is 924. The van der Waals surface area contributed by atoms with Gasteiger partial charge in [0.25, 0.3) is 5.91 Å². The van der Waals surface area contributed by atoms with E-state index in [0.29, 0.717) is 30.8 Å². The second-order valence-corrected chi connectivity index (χ2v) is 7.89. The van der Waals surface area contributed by atoms with Crippen LogP contribution in [0.25, 0.3) is 0 Å². The topological polar surface area (TPSA) is 90.5 Å². The Morgan fingerprint density at radius 3 is 2.40 bits per heavy atom. The Morgan fingerprint density at radius 2 is 1.80 bits per heavy atom. The maximum Gasteiger partial charge on any atom is 0.321 e. The molecule has 0 radical (unpaired) electrons. The van der Waals surface area contributed by atoms with Crippen LogP contribution in [0, 0.1) is 12.8 Å². The summed E-state index contributed by atoms with van der Waals surface area (Å²) in [5.41, 5.74) is 2.81. The van der Waals surface area contributed by atoms with Gasteiger partial charge in [0.2, 0.25) is 5.91 Å². The van der Waals surface area contributed by atoms with E-state index in [4.69, 9.17) is 0 Å². The highest BCUT2D eigenvalue weighted by Gasteiger charge is 2.24. The minimum Gasteiger partial charge on any atom is -0.340 e. The van der Waals surface area contributed by atoms with Crippen molar-refractivity contribution in [3.05, 3.63) is 59.7 Å². The van der Waals surface area contributed by atoms with E-state index in [9.17, 15) is 14.4 Å². The maximum absolute atomic E-state index is 12.9. The zero-order valence-electron chi connectivity index (χ0n) is 17.6. The number of urea groups is 1. The number of rotatable bonds is 7. The fourth-order valence-electron chi connectivity index (χ4n) is 3.44. The Balaban J connectivity index is 1.68. The van der Waals surface area contributed by atoms with E-state index in [1.54, 1.807) is 35.2 Å². The summed E-state index contributed by atoms with van der Waals surface area (Å²) < 4.78 is 0. The van der Waals surface area contributed by atoms with Gasteiger partial charge in [-0.3, -0.25) is 14.5 Å². The number of nitrogens with one attached hydrogen (secondary N) is 3. The minimum absolute atomic E-state index is 0.122. The van der Waals surface area contributed by atoms with Crippen molar-refractivity contribution in [2.24, 2.45) is 5.92 Å². The van der Waals surface area contributed by atoms with Gasteiger partial charge >= 0.3 is 6.03 Å². The number of nitrogens with zero attached hydrogens (tertiary/aromatic N) is 1. The lowest BCUT2D eigenvalue weighted by Gasteiger charge is -2.21. The zero-order valence-corrected chi connectivity index (χ0v) is 17.6. The number of amides is 4. The number of hydrogen-bond acceptors (Lipinski definition) is 3. The molecular weight excluding hydrogens is 380 g/mol. The second-order valence-electron chi connectivity index (χ2n) is 7.89. The minimum atomic E-state index is -0.652. The van der Waals surface area contributed by atoms with Crippen molar-refractivity contribution in [1.29, 1.82) is 0 Å². The van der Waals surface area contributed by atoms with Gasteiger partial charge in [0.15, 0.2) is 0 Å². The molecule has 0 aliphatic carbocycles. The van der Waals surface area contributed by atoms with Crippen LogP contribution in [0.2, 0.25) is 0 Å². The predicted molar refractivity (Wildman–Crippen MR) is 118 cm³/mol. The van der Waals surface area contributed by atoms with E-state index in [1.807, 2.05) is 39.0 Å². The molecule has 0 saturated carbocycles. The largest absolute Gasteiger partial charge is 0.340 e. The van der Waals surface area contributed by atoms with E-state index in [1.165, 1.54) is 0 Å². The Hall–Kier alpha value is -3.35. The normalized spacial score (nSPS) is 14.4. The molecule has 2 aromatic rings. The lowest BCUT2D eigenvalue weighted by atomic mass is 10.0. The van der Waals surface area contributed by atoms with Gasteiger partial charge in [0.1, 0.15) is 6.04 Å². The molecule has 0 aromatic heterocycles. The number of carbonyl (C=O) groups excluding carboxylic acids is 3. The van der Waals surface area contributed by atoms with E-state index in [0.717, 1.165) is 11.3 Å². The summed E-state index contributed by atoms with van der Waals surface area (Å²) >= 11 is 0. The van der Waals surface area contributed by atoms with Gasteiger partial charge in [-0.25, -0.2) is 4.79 Å². The highest BCUT2D eigenvalue weighted by molar-refractivity contribution is 6.02. The summed E-state index contributed by atoms with van der Waals surface area (Å²) in [6.07, 6.45) is 0.523. The van der Waals surface area contributed by atoms with Gasteiger partial charge in [0.05, 0.1) is 0 Å². The van der Waals surface area contributed by atoms with E-state index in [2.05, 4.69) is 16.0 Å². The molecule has 1 unspecified atom stereocenters. The lowest BCUT2D eigenvalue weighted by molar-refractivity contribution is -0.118. The van der Waals surface area contributed by atoms with E-state index < -0.39 is 6.04 Å². The fraction of sp³-hybridized carbons (Fsp3) is 0.348. The number of hydrogen-bond donors (Lipinski definition) is 3. The van der Waals surface area contributed by atoms with Crippen molar-refractivity contribution in [2.75, 3.05) is 23.3 Å². The quantitative estimate of drug-likeness (QED) is 0.656. The molecule has 1 saturated heterocycles. The Morgan fingerprint density at radius 1 is 1.10 bits per heavy atom. The molecule has 0 bridgehead atoms. The Labute approximate surface area is 176 Å². The number of carbonyl (C=O) groups is 3. The first-order valence-corrected chi connectivity index (χ1v) is 10.2. The molecule has 1 atom stereocenters. The van der Waals surface area contributed by atoms with Gasteiger partial charge in [-0.05, 0) is 55.2 Å². The first-order chi connectivity index (χ1) is 14.3. The van der Waals surface area contributed by atoms with Crippen LogP contribution >= 0.6 is 0 Å².